The van der Waals surface area contributed by atoms with Gasteiger partial charge in [0, 0.05) is 25.0 Å². The van der Waals surface area contributed by atoms with Gasteiger partial charge in [0.1, 0.15) is 11.5 Å². The molecular formula is C22H26N4O. The molecule has 1 aromatic carbocycles. The van der Waals surface area contributed by atoms with Crippen molar-refractivity contribution < 1.29 is 4.74 Å². The Hall–Kier alpha value is -2.97. The van der Waals surface area contributed by atoms with Gasteiger partial charge in [-0.1, -0.05) is 19.1 Å². The van der Waals surface area contributed by atoms with Gasteiger partial charge >= 0.3 is 0 Å². The maximum atomic E-state index is 9.24. The van der Waals surface area contributed by atoms with Gasteiger partial charge in [0.05, 0.1) is 17.3 Å². The minimum Gasteiger partial charge on any atom is -0.461 e. The van der Waals surface area contributed by atoms with Crippen molar-refractivity contribution in [3.8, 4) is 11.8 Å². The molecule has 0 aromatic heterocycles. The first kappa shape index (κ1) is 20.3. The molecule has 140 valence electrons. The summed E-state index contributed by atoms with van der Waals surface area (Å²) in [6.07, 6.45) is 11.3. The van der Waals surface area contributed by atoms with E-state index in [0.29, 0.717) is 29.5 Å². The van der Waals surface area contributed by atoms with Gasteiger partial charge in [-0.3, -0.25) is 9.98 Å². The van der Waals surface area contributed by atoms with Crippen molar-refractivity contribution in [2.75, 3.05) is 13.6 Å². The second-order valence-electron chi connectivity index (χ2n) is 6.45. The summed E-state index contributed by atoms with van der Waals surface area (Å²) >= 11 is 0. The normalized spacial score (nSPS) is 22.8. The smallest absolute Gasteiger partial charge is 0.137 e. The maximum absolute atomic E-state index is 9.24. The minimum atomic E-state index is 0.401. The van der Waals surface area contributed by atoms with Gasteiger partial charge in [0.15, 0.2) is 0 Å². The number of hydrogen-bond donors (Lipinski definition) is 1. The Morgan fingerprint density at radius 1 is 1.48 bits per heavy atom. The molecule has 1 heterocycles. The SMILES string of the molecule is C/N=C\C=C(/C)Oc1cc(C#N)ccc1C1=C\C[C@@H](C)/C=C(CCN)/C=N\1. The van der Waals surface area contributed by atoms with Gasteiger partial charge in [-0.15, -0.1) is 0 Å². The van der Waals surface area contributed by atoms with Crippen LogP contribution in [0.3, 0.4) is 0 Å². The molecule has 0 saturated heterocycles. The molecule has 1 aromatic rings. The molecule has 0 saturated carbocycles. The van der Waals surface area contributed by atoms with Crippen molar-refractivity contribution in [1.29, 1.82) is 5.26 Å². The first-order valence-corrected chi connectivity index (χ1v) is 9.03. The largest absolute Gasteiger partial charge is 0.461 e. The topological polar surface area (TPSA) is 83.8 Å². The molecule has 0 fully saturated rings. The van der Waals surface area contributed by atoms with E-state index in [9.17, 15) is 5.26 Å². The fourth-order valence-electron chi connectivity index (χ4n) is 2.75. The molecular weight excluding hydrogens is 336 g/mol. The molecule has 2 N–H and O–H groups in total. The Kier molecular flexibility index (Phi) is 7.72. The summed E-state index contributed by atoms with van der Waals surface area (Å²) in [7, 11) is 1.70. The fraction of sp³-hybridized carbons (Fsp3) is 0.318. The third-order valence-electron chi connectivity index (χ3n) is 4.10. The predicted octanol–water partition coefficient (Wildman–Crippen LogP) is 4.27. The van der Waals surface area contributed by atoms with Gasteiger partial charge in [0.2, 0.25) is 0 Å². The Morgan fingerprint density at radius 2 is 2.30 bits per heavy atom. The monoisotopic (exact) mass is 362 g/mol. The molecule has 0 amide bonds. The summed E-state index contributed by atoms with van der Waals surface area (Å²) in [4.78, 5) is 8.61. The molecule has 0 unspecified atom stereocenters. The highest BCUT2D eigenvalue weighted by atomic mass is 16.5. The molecule has 5 nitrogen and oxygen atoms in total. The van der Waals surface area contributed by atoms with Crippen LogP contribution in [-0.4, -0.2) is 26.0 Å². The van der Waals surface area contributed by atoms with Gasteiger partial charge in [-0.2, -0.15) is 5.26 Å². The molecule has 1 aliphatic heterocycles. The van der Waals surface area contributed by atoms with E-state index in [4.69, 9.17) is 10.5 Å². The fourth-order valence-corrected chi connectivity index (χ4v) is 2.75. The molecule has 1 atom stereocenters. The molecule has 27 heavy (non-hydrogen) atoms. The number of nitrogens with two attached hydrogens (primary N) is 1. The zero-order valence-corrected chi connectivity index (χ0v) is 16.1. The summed E-state index contributed by atoms with van der Waals surface area (Å²) in [5.74, 6) is 1.69. The number of aliphatic imine (C=N–C) groups is 2. The molecule has 0 radical (unpaired) electrons. The lowest BCUT2D eigenvalue weighted by molar-refractivity contribution is 0.427. The summed E-state index contributed by atoms with van der Waals surface area (Å²) in [6, 6.07) is 7.57. The van der Waals surface area contributed by atoms with Crippen molar-refractivity contribution in [2.24, 2.45) is 21.6 Å². The minimum absolute atomic E-state index is 0.401. The number of nitrogens with zero attached hydrogens (tertiary/aromatic N) is 3. The van der Waals surface area contributed by atoms with Crippen LogP contribution in [0.4, 0.5) is 0 Å². The van der Waals surface area contributed by atoms with Crippen LogP contribution in [0.1, 0.15) is 37.8 Å². The van der Waals surface area contributed by atoms with Crippen LogP contribution in [0.2, 0.25) is 0 Å². The number of hydrogen-bond acceptors (Lipinski definition) is 5. The van der Waals surface area contributed by atoms with E-state index < -0.39 is 0 Å². The summed E-state index contributed by atoms with van der Waals surface area (Å²) < 4.78 is 5.99. The van der Waals surface area contributed by atoms with Gasteiger partial charge in [-0.25, -0.2) is 0 Å². The van der Waals surface area contributed by atoms with Gasteiger partial charge in [0.25, 0.3) is 0 Å². The molecule has 5 heteroatoms. The van der Waals surface area contributed by atoms with E-state index in [1.807, 2.05) is 19.2 Å². The Balaban J connectivity index is 2.44. The van der Waals surface area contributed by atoms with Crippen LogP contribution < -0.4 is 10.5 Å². The van der Waals surface area contributed by atoms with E-state index in [1.165, 1.54) is 0 Å². The highest BCUT2D eigenvalue weighted by molar-refractivity contribution is 5.86. The van der Waals surface area contributed by atoms with Crippen LogP contribution in [0.25, 0.3) is 5.70 Å². The number of benzene rings is 1. The quantitative estimate of drug-likeness (QED) is 0.606. The van der Waals surface area contributed by atoms with Crippen molar-refractivity contribution in [1.82, 2.24) is 0 Å². The Bertz CT molecular complexity index is 854. The lowest BCUT2D eigenvalue weighted by atomic mass is 9.98. The second kappa shape index (κ2) is 10.2. The van der Waals surface area contributed by atoms with Crippen molar-refractivity contribution in [2.45, 2.75) is 26.7 Å². The van der Waals surface area contributed by atoms with Crippen LogP contribution in [0, 0.1) is 17.2 Å². The van der Waals surface area contributed by atoms with Crippen LogP contribution in [0.15, 0.2) is 57.7 Å². The van der Waals surface area contributed by atoms with Crippen LogP contribution in [0.5, 0.6) is 5.75 Å². The number of nitriles is 1. The number of ether oxygens (including phenoxy) is 1. The van der Waals surface area contributed by atoms with Crippen molar-refractivity contribution in [3.63, 3.8) is 0 Å². The first-order chi connectivity index (χ1) is 13.1. The Labute approximate surface area is 161 Å². The molecule has 0 aliphatic carbocycles. The second-order valence-corrected chi connectivity index (χ2v) is 6.45. The van der Waals surface area contributed by atoms with Crippen molar-refractivity contribution in [3.05, 3.63) is 58.9 Å². The summed E-state index contributed by atoms with van der Waals surface area (Å²) in [5, 5.41) is 9.24. The highest BCUT2D eigenvalue weighted by Gasteiger charge is 2.13. The predicted molar refractivity (Wildman–Crippen MR) is 112 cm³/mol. The zero-order valence-electron chi connectivity index (χ0n) is 16.1. The summed E-state index contributed by atoms with van der Waals surface area (Å²) in [5.41, 5.74) is 9.08. The van der Waals surface area contributed by atoms with E-state index in [0.717, 1.165) is 29.7 Å². The standard InChI is InChI=1S/C22H26N4O/c1-16-4-7-21(26-15-19(12-16)8-10-23)20-6-5-18(14-24)13-22(20)27-17(2)9-11-25-3/h5-7,9,11-13,15-16H,4,8,10,23H2,1-3H3/b17-9+,19-12+,21-7+,25-11-,26-15-/t16-/m1/s1. The van der Waals surface area contributed by atoms with E-state index in [2.05, 4.69) is 35.1 Å². The lowest BCUT2D eigenvalue weighted by Crippen LogP contribution is -2.04. The molecule has 0 bridgehead atoms. The highest BCUT2D eigenvalue weighted by Crippen LogP contribution is 2.31. The average molecular weight is 362 g/mol. The summed E-state index contributed by atoms with van der Waals surface area (Å²) in [6.45, 7) is 4.62. The van der Waals surface area contributed by atoms with E-state index >= 15 is 0 Å². The first-order valence-electron chi connectivity index (χ1n) is 9.03. The third-order valence-corrected chi connectivity index (χ3v) is 4.10. The van der Waals surface area contributed by atoms with Gasteiger partial charge < -0.3 is 10.5 Å². The maximum Gasteiger partial charge on any atom is 0.137 e. The molecule has 2 rings (SSSR count). The van der Waals surface area contributed by atoms with Crippen LogP contribution >= 0.6 is 0 Å². The van der Waals surface area contributed by atoms with Crippen molar-refractivity contribution >= 4 is 18.1 Å². The number of allylic oxidation sites excluding steroid dienone is 4. The van der Waals surface area contributed by atoms with Gasteiger partial charge in [-0.05, 0) is 62.1 Å². The number of rotatable bonds is 6. The van der Waals surface area contributed by atoms with E-state index in [1.54, 1.807) is 31.5 Å². The zero-order chi connectivity index (χ0) is 19.6. The third kappa shape index (κ3) is 6.05. The average Bonchev–Trinajstić information content (AvgIpc) is 2.65. The molecule has 0 spiro atoms. The molecule has 1 aliphatic rings. The Morgan fingerprint density at radius 3 is 3.00 bits per heavy atom. The van der Waals surface area contributed by atoms with Crippen LogP contribution in [-0.2, 0) is 0 Å². The lowest BCUT2D eigenvalue weighted by Gasteiger charge is -2.15. The van der Waals surface area contributed by atoms with E-state index in [-0.39, 0.29) is 0 Å².